The molecule has 1 aliphatic heterocycles. The summed E-state index contributed by atoms with van der Waals surface area (Å²) in [6, 6.07) is 13.1. The summed E-state index contributed by atoms with van der Waals surface area (Å²) in [6.07, 6.45) is 0.434. The summed E-state index contributed by atoms with van der Waals surface area (Å²) in [7, 11) is -1.48. The second-order valence-electron chi connectivity index (χ2n) is 6.55. The van der Waals surface area contributed by atoms with E-state index in [0.29, 0.717) is 40.0 Å². The molecule has 0 radical (unpaired) electrons. The zero-order valence-electron chi connectivity index (χ0n) is 15.1. The number of hydrogen-bond acceptors (Lipinski definition) is 5. The number of nitrogens with zero attached hydrogens (tertiary/aromatic N) is 1. The molecule has 28 heavy (non-hydrogen) atoms. The van der Waals surface area contributed by atoms with E-state index in [0.717, 1.165) is 0 Å². The van der Waals surface area contributed by atoms with Gasteiger partial charge in [-0.2, -0.15) is 8.78 Å². The summed E-state index contributed by atoms with van der Waals surface area (Å²) in [5.74, 6) is -2.67. The maximum atomic E-state index is 12.9. The molecule has 1 amide bonds. The van der Waals surface area contributed by atoms with E-state index in [1.165, 1.54) is 4.90 Å². The van der Waals surface area contributed by atoms with E-state index >= 15 is 0 Å². The van der Waals surface area contributed by atoms with Gasteiger partial charge in [0.2, 0.25) is 0 Å². The van der Waals surface area contributed by atoms with Crippen LogP contribution in [-0.2, 0) is 9.84 Å². The molecule has 1 atom stereocenters. The summed E-state index contributed by atoms with van der Waals surface area (Å²) < 4.78 is 48.3. The summed E-state index contributed by atoms with van der Waals surface area (Å²) in [6.45, 7) is 0. The molecular weight excluding hydrogens is 406 g/mol. The highest BCUT2D eigenvalue weighted by atomic mass is 32.2. The van der Waals surface area contributed by atoms with Crippen LogP contribution in [0.4, 0.5) is 20.2 Å². The monoisotopic (exact) mass is 426 g/mol. The summed E-state index contributed by atoms with van der Waals surface area (Å²) >= 11 is 0.468. The van der Waals surface area contributed by atoms with Crippen LogP contribution >= 0.6 is 11.8 Å². The lowest BCUT2D eigenvalue weighted by Gasteiger charge is -2.24. The lowest BCUT2D eigenvalue weighted by atomic mass is 10.1. The van der Waals surface area contributed by atoms with Crippen LogP contribution in [0.1, 0.15) is 16.8 Å². The van der Waals surface area contributed by atoms with Crippen molar-refractivity contribution in [1.29, 1.82) is 0 Å². The van der Waals surface area contributed by atoms with Gasteiger partial charge in [0.05, 0.1) is 22.8 Å². The highest BCUT2D eigenvalue weighted by molar-refractivity contribution is 7.99. The molecule has 2 aromatic rings. The molecular formula is C19H20F2N2O3S2. The predicted octanol–water partition coefficient (Wildman–Crippen LogP) is 4.00. The number of hydrogen-bond donors (Lipinski definition) is 1. The molecule has 1 saturated heterocycles. The first kappa shape index (κ1) is 20.6. The molecule has 1 heterocycles. The van der Waals surface area contributed by atoms with Crippen LogP contribution in [0.15, 0.2) is 53.4 Å². The molecule has 9 heteroatoms. The minimum absolute atomic E-state index is 0.0197. The second kappa shape index (κ2) is 8.48. The molecule has 150 valence electrons. The standard InChI is InChI=1S/C19H20F2N2O3S2/c1-23(14-10-11-28(25,26)12-14)18(24)16-4-2-3-5-17(16)22-13-6-8-15(9-7-13)27-19(20)21/h2-9,14,19,22H,10-12H2,1H3. The number of carbonyl (C=O) groups excluding carboxylic acids is 1. The third-order valence-corrected chi connectivity index (χ3v) is 7.07. The normalized spacial score (nSPS) is 18.2. The fraction of sp³-hybridized carbons (Fsp3) is 0.316. The Morgan fingerprint density at radius 2 is 1.86 bits per heavy atom. The number of alkyl halides is 2. The Labute approximate surface area is 167 Å². The molecule has 0 aliphatic carbocycles. The minimum atomic E-state index is -3.09. The summed E-state index contributed by atoms with van der Waals surface area (Å²) in [4.78, 5) is 14.9. The average molecular weight is 427 g/mol. The highest BCUT2D eigenvalue weighted by Crippen LogP contribution is 2.28. The Bertz CT molecular complexity index is 950. The van der Waals surface area contributed by atoms with E-state index in [4.69, 9.17) is 0 Å². The molecule has 2 aromatic carbocycles. The predicted molar refractivity (Wildman–Crippen MR) is 107 cm³/mol. The quantitative estimate of drug-likeness (QED) is 0.707. The first-order valence-corrected chi connectivity index (χ1v) is 11.3. The van der Waals surface area contributed by atoms with E-state index in [-0.39, 0.29) is 23.5 Å². The maximum Gasteiger partial charge on any atom is 0.288 e. The van der Waals surface area contributed by atoms with Gasteiger partial charge in [-0.25, -0.2) is 8.42 Å². The van der Waals surface area contributed by atoms with Crippen LogP contribution in [-0.4, -0.2) is 49.6 Å². The van der Waals surface area contributed by atoms with Gasteiger partial charge in [0.25, 0.3) is 11.7 Å². The SMILES string of the molecule is CN(C(=O)c1ccccc1Nc1ccc(SC(F)F)cc1)C1CCS(=O)(=O)C1. The molecule has 0 spiro atoms. The molecule has 5 nitrogen and oxygen atoms in total. The number of benzene rings is 2. The maximum absolute atomic E-state index is 12.9. The van der Waals surface area contributed by atoms with E-state index in [1.807, 2.05) is 0 Å². The van der Waals surface area contributed by atoms with Crippen LogP contribution in [0.25, 0.3) is 0 Å². The Morgan fingerprint density at radius 3 is 2.46 bits per heavy atom. The molecule has 0 bridgehead atoms. The van der Waals surface area contributed by atoms with Crippen LogP contribution in [0.3, 0.4) is 0 Å². The number of halogens is 2. The number of rotatable bonds is 6. The van der Waals surface area contributed by atoms with Crippen LogP contribution < -0.4 is 5.32 Å². The van der Waals surface area contributed by atoms with Crippen molar-refractivity contribution in [3.05, 3.63) is 54.1 Å². The molecule has 0 aromatic heterocycles. The molecule has 1 fully saturated rings. The van der Waals surface area contributed by atoms with E-state index in [1.54, 1.807) is 55.6 Å². The number of thioether (sulfide) groups is 1. The molecule has 1 aliphatic rings. The first-order chi connectivity index (χ1) is 13.2. The zero-order valence-corrected chi connectivity index (χ0v) is 16.8. The van der Waals surface area contributed by atoms with Gasteiger partial charge in [-0.15, -0.1) is 0 Å². The van der Waals surface area contributed by atoms with Gasteiger partial charge in [-0.1, -0.05) is 23.9 Å². The number of sulfone groups is 1. The van der Waals surface area contributed by atoms with E-state index < -0.39 is 15.6 Å². The van der Waals surface area contributed by atoms with Crippen molar-refractivity contribution in [3.63, 3.8) is 0 Å². The average Bonchev–Trinajstić information content (AvgIpc) is 3.02. The zero-order chi connectivity index (χ0) is 20.3. The molecule has 1 unspecified atom stereocenters. The Hall–Kier alpha value is -2.13. The van der Waals surface area contributed by atoms with E-state index in [9.17, 15) is 22.0 Å². The molecule has 3 rings (SSSR count). The number of para-hydroxylation sites is 1. The topological polar surface area (TPSA) is 66.5 Å². The van der Waals surface area contributed by atoms with Gasteiger partial charge in [0.15, 0.2) is 9.84 Å². The van der Waals surface area contributed by atoms with Crippen molar-refractivity contribution < 1.29 is 22.0 Å². The smallest absolute Gasteiger partial charge is 0.288 e. The van der Waals surface area contributed by atoms with Crippen molar-refractivity contribution in [3.8, 4) is 0 Å². The highest BCUT2D eigenvalue weighted by Gasteiger charge is 2.33. The molecule has 1 N–H and O–H groups in total. The van der Waals surface area contributed by atoms with Gasteiger partial charge in [0.1, 0.15) is 0 Å². The minimum Gasteiger partial charge on any atom is -0.355 e. The van der Waals surface area contributed by atoms with Crippen molar-refractivity contribution in [2.75, 3.05) is 23.9 Å². The number of nitrogens with one attached hydrogen (secondary N) is 1. The lowest BCUT2D eigenvalue weighted by Crippen LogP contribution is -2.38. The number of anilines is 2. The number of amides is 1. The van der Waals surface area contributed by atoms with Gasteiger partial charge < -0.3 is 10.2 Å². The van der Waals surface area contributed by atoms with Crippen molar-refractivity contribution in [2.24, 2.45) is 0 Å². The van der Waals surface area contributed by atoms with Gasteiger partial charge >= 0.3 is 0 Å². The Kier molecular flexibility index (Phi) is 6.24. The van der Waals surface area contributed by atoms with Crippen molar-refractivity contribution >= 4 is 38.9 Å². The fourth-order valence-electron chi connectivity index (χ4n) is 3.09. The number of carbonyl (C=O) groups is 1. The summed E-state index contributed by atoms with van der Waals surface area (Å²) in [5.41, 5.74) is 1.64. The van der Waals surface area contributed by atoms with Crippen LogP contribution in [0, 0.1) is 0 Å². The lowest BCUT2D eigenvalue weighted by molar-refractivity contribution is 0.0748. The van der Waals surface area contributed by atoms with Gasteiger partial charge in [0, 0.05) is 23.7 Å². The third-order valence-electron chi connectivity index (χ3n) is 4.59. The fourth-order valence-corrected chi connectivity index (χ4v) is 5.36. The van der Waals surface area contributed by atoms with Crippen molar-refractivity contribution in [2.45, 2.75) is 23.1 Å². The van der Waals surface area contributed by atoms with E-state index in [2.05, 4.69) is 5.32 Å². The van der Waals surface area contributed by atoms with Gasteiger partial charge in [-0.05, 0) is 42.8 Å². The van der Waals surface area contributed by atoms with Crippen molar-refractivity contribution in [1.82, 2.24) is 4.90 Å². The largest absolute Gasteiger partial charge is 0.355 e. The molecule has 0 saturated carbocycles. The second-order valence-corrected chi connectivity index (χ2v) is 9.84. The van der Waals surface area contributed by atoms with Crippen LogP contribution in [0.2, 0.25) is 0 Å². The summed E-state index contributed by atoms with van der Waals surface area (Å²) in [5, 5.41) is 3.13. The Morgan fingerprint density at radius 1 is 1.18 bits per heavy atom. The Balaban J connectivity index is 1.76. The van der Waals surface area contributed by atoms with Crippen LogP contribution in [0.5, 0.6) is 0 Å². The first-order valence-electron chi connectivity index (χ1n) is 8.64. The van der Waals surface area contributed by atoms with Gasteiger partial charge in [-0.3, -0.25) is 4.79 Å². The third kappa shape index (κ3) is 5.02.